The molecular weight excluding hydrogens is 400 g/mol. The van der Waals surface area contributed by atoms with E-state index < -0.39 is 10.0 Å². The van der Waals surface area contributed by atoms with E-state index in [4.69, 9.17) is 16.2 Å². The van der Waals surface area contributed by atoms with Crippen molar-refractivity contribution < 1.29 is 13.0 Å². The molecule has 0 aliphatic carbocycles. The number of hydrogen-bond donors (Lipinski definition) is 0. The second-order valence-corrected chi connectivity index (χ2v) is 9.49. The molecule has 28 heavy (non-hydrogen) atoms. The molecule has 2 aliphatic heterocycles. The van der Waals surface area contributed by atoms with Crippen LogP contribution in [0.2, 0.25) is 5.02 Å². The Balaban J connectivity index is 1.53. The molecule has 7 nitrogen and oxygen atoms in total. The van der Waals surface area contributed by atoms with Crippen molar-refractivity contribution in [2.24, 2.45) is 0 Å². The molecule has 0 amide bonds. The summed E-state index contributed by atoms with van der Waals surface area (Å²) in [6.45, 7) is 3.96. The standard InChI is InChI=1S/C19H19ClN4O3S/c1-2-24-15-6-4-3-5-12(15)13-11-23(10-9-16(13)24)28(25,26)17-8-7-14(20)18-19(17)22-27-21-18/h3-8,13,16H,2,9-11H2,1H3. The summed E-state index contributed by atoms with van der Waals surface area (Å²) < 4.78 is 33.1. The number of anilines is 1. The lowest BCUT2D eigenvalue weighted by Gasteiger charge is -2.38. The van der Waals surface area contributed by atoms with Crippen molar-refractivity contribution in [1.29, 1.82) is 0 Å². The number of nitrogens with zero attached hydrogens (tertiary/aromatic N) is 4. The van der Waals surface area contributed by atoms with Gasteiger partial charge in [-0.3, -0.25) is 0 Å². The van der Waals surface area contributed by atoms with Crippen LogP contribution in [0.15, 0.2) is 45.9 Å². The minimum atomic E-state index is -3.75. The zero-order valence-corrected chi connectivity index (χ0v) is 16.8. The lowest BCUT2D eigenvalue weighted by Crippen LogP contribution is -2.48. The van der Waals surface area contributed by atoms with Crippen molar-refractivity contribution in [3.63, 3.8) is 0 Å². The normalized spacial score (nSPS) is 22.4. The molecule has 2 aliphatic rings. The van der Waals surface area contributed by atoms with Gasteiger partial charge in [0, 0.05) is 37.3 Å². The fourth-order valence-corrected chi connectivity index (χ4v) is 6.40. The number of rotatable bonds is 3. The molecule has 146 valence electrons. The molecule has 3 heterocycles. The van der Waals surface area contributed by atoms with E-state index in [0.29, 0.717) is 24.2 Å². The predicted molar refractivity (Wildman–Crippen MR) is 106 cm³/mol. The molecule has 5 rings (SSSR count). The Bertz CT molecular complexity index is 1160. The van der Waals surface area contributed by atoms with Gasteiger partial charge in [-0.25, -0.2) is 13.0 Å². The fourth-order valence-electron chi connectivity index (χ4n) is 4.61. The maximum absolute atomic E-state index is 13.4. The maximum Gasteiger partial charge on any atom is 0.245 e. The van der Waals surface area contributed by atoms with Gasteiger partial charge in [0.15, 0.2) is 11.0 Å². The average Bonchev–Trinajstić information content (AvgIpc) is 3.31. The number of piperidine rings is 1. The quantitative estimate of drug-likeness (QED) is 0.649. The number of para-hydroxylation sites is 1. The molecule has 0 radical (unpaired) electrons. The smallest absolute Gasteiger partial charge is 0.245 e. The highest BCUT2D eigenvalue weighted by Crippen LogP contribution is 2.45. The van der Waals surface area contributed by atoms with Crippen molar-refractivity contribution in [2.45, 2.75) is 30.2 Å². The first-order valence-electron chi connectivity index (χ1n) is 9.29. The summed E-state index contributed by atoms with van der Waals surface area (Å²) in [5.74, 6) is 0.151. The van der Waals surface area contributed by atoms with Gasteiger partial charge in [-0.05, 0) is 47.4 Å². The molecule has 0 spiro atoms. The Morgan fingerprint density at radius 1 is 1.18 bits per heavy atom. The van der Waals surface area contributed by atoms with E-state index in [0.717, 1.165) is 13.0 Å². The van der Waals surface area contributed by atoms with Gasteiger partial charge in [0.2, 0.25) is 10.0 Å². The molecule has 1 saturated heterocycles. The third-order valence-corrected chi connectivity index (χ3v) is 8.07. The van der Waals surface area contributed by atoms with Gasteiger partial charge in [0.25, 0.3) is 0 Å². The van der Waals surface area contributed by atoms with Crippen molar-refractivity contribution in [3.8, 4) is 0 Å². The van der Waals surface area contributed by atoms with E-state index in [2.05, 4.69) is 34.3 Å². The second kappa shape index (κ2) is 6.43. The van der Waals surface area contributed by atoms with Gasteiger partial charge in [-0.2, -0.15) is 4.31 Å². The summed E-state index contributed by atoms with van der Waals surface area (Å²) in [7, 11) is -3.75. The van der Waals surface area contributed by atoms with Crippen molar-refractivity contribution in [3.05, 3.63) is 47.0 Å². The summed E-state index contributed by atoms with van der Waals surface area (Å²) in [6, 6.07) is 11.6. The lowest BCUT2D eigenvalue weighted by molar-refractivity contribution is 0.290. The maximum atomic E-state index is 13.4. The highest BCUT2D eigenvalue weighted by atomic mass is 35.5. The molecule has 2 unspecified atom stereocenters. The zero-order valence-electron chi connectivity index (χ0n) is 15.2. The van der Waals surface area contributed by atoms with E-state index in [1.54, 1.807) is 4.31 Å². The van der Waals surface area contributed by atoms with Crippen LogP contribution in [0, 0.1) is 0 Å². The molecule has 2 atom stereocenters. The van der Waals surface area contributed by atoms with E-state index >= 15 is 0 Å². The first kappa shape index (κ1) is 17.9. The highest BCUT2D eigenvalue weighted by molar-refractivity contribution is 7.89. The van der Waals surface area contributed by atoms with Crippen LogP contribution in [-0.4, -0.2) is 48.7 Å². The topological polar surface area (TPSA) is 79.5 Å². The van der Waals surface area contributed by atoms with Crippen LogP contribution in [0.5, 0.6) is 0 Å². The Hall–Kier alpha value is -2.16. The minimum absolute atomic E-state index is 0.0882. The predicted octanol–water partition coefficient (Wildman–Crippen LogP) is 3.26. The molecule has 0 bridgehead atoms. The minimum Gasteiger partial charge on any atom is -0.368 e. The molecule has 0 N–H and O–H groups in total. The van der Waals surface area contributed by atoms with Crippen molar-refractivity contribution in [1.82, 2.24) is 14.6 Å². The number of halogens is 1. The van der Waals surface area contributed by atoms with E-state index in [1.807, 2.05) is 12.1 Å². The van der Waals surface area contributed by atoms with Gasteiger partial charge in [-0.1, -0.05) is 29.8 Å². The molecule has 1 aromatic heterocycles. The van der Waals surface area contributed by atoms with Crippen LogP contribution < -0.4 is 4.90 Å². The Kier molecular flexibility index (Phi) is 4.12. The molecule has 2 aromatic carbocycles. The van der Waals surface area contributed by atoms with Gasteiger partial charge in [-0.15, -0.1) is 0 Å². The Labute approximate surface area is 167 Å². The van der Waals surface area contributed by atoms with Gasteiger partial charge in [0.05, 0.1) is 5.02 Å². The first-order chi connectivity index (χ1) is 13.5. The average molecular weight is 419 g/mol. The Morgan fingerprint density at radius 3 is 2.79 bits per heavy atom. The number of fused-ring (bicyclic) bond motifs is 4. The van der Waals surface area contributed by atoms with E-state index in [1.165, 1.54) is 23.4 Å². The first-order valence-corrected chi connectivity index (χ1v) is 11.1. The Morgan fingerprint density at radius 2 is 1.96 bits per heavy atom. The van der Waals surface area contributed by atoms with Crippen LogP contribution in [0.25, 0.3) is 11.0 Å². The third kappa shape index (κ3) is 2.48. The number of aromatic nitrogens is 2. The van der Waals surface area contributed by atoms with Crippen LogP contribution in [0.3, 0.4) is 0 Å². The van der Waals surface area contributed by atoms with E-state index in [-0.39, 0.29) is 21.8 Å². The summed E-state index contributed by atoms with van der Waals surface area (Å²) >= 11 is 6.09. The summed E-state index contributed by atoms with van der Waals surface area (Å²) in [6.07, 6.45) is 0.778. The lowest BCUT2D eigenvalue weighted by atomic mass is 9.90. The molecule has 9 heteroatoms. The van der Waals surface area contributed by atoms with Crippen LogP contribution in [-0.2, 0) is 10.0 Å². The molecule has 0 saturated carbocycles. The molecular formula is C19H19ClN4O3S. The van der Waals surface area contributed by atoms with E-state index in [9.17, 15) is 8.42 Å². The number of sulfonamides is 1. The molecule has 1 fully saturated rings. The number of hydrogen-bond acceptors (Lipinski definition) is 6. The van der Waals surface area contributed by atoms with Crippen molar-refractivity contribution in [2.75, 3.05) is 24.5 Å². The highest BCUT2D eigenvalue weighted by Gasteiger charge is 2.44. The second-order valence-electron chi connectivity index (χ2n) is 7.18. The number of benzene rings is 2. The van der Waals surface area contributed by atoms with Crippen molar-refractivity contribution >= 4 is 38.3 Å². The van der Waals surface area contributed by atoms with Crippen LogP contribution in [0.1, 0.15) is 24.8 Å². The van der Waals surface area contributed by atoms with Crippen LogP contribution >= 0.6 is 11.6 Å². The largest absolute Gasteiger partial charge is 0.368 e. The van der Waals surface area contributed by atoms with Gasteiger partial charge in [0.1, 0.15) is 4.90 Å². The monoisotopic (exact) mass is 418 g/mol. The summed E-state index contributed by atoms with van der Waals surface area (Å²) in [4.78, 5) is 2.48. The summed E-state index contributed by atoms with van der Waals surface area (Å²) in [5.41, 5.74) is 2.88. The number of likely N-dealkylation sites (N-methyl/N-ethyl adjacent to an activating group) is 1. The van der Waals surface area contributed by atoms with Crippen LogP contribution in [0.4, 0.5) is 5.69 Å². The third-order valence-electron chi connectivity index (χ3n) is 5.87. The van der Waals surface area contributed by atoms with Gasteiger partial charge < -0.3 is 4.90 Å². The fraction of sp³-hybridized carbons (Fsp3) is 0.368. The zero-order chi connectivity index (χ0) is 19.5. The SMILES string of the molecule is CCN1c2ccccc2C2CN(S(=O)(=O)c3ccc(Cl)c4nonc34)CCC21. The van der Waals surface area contributed by atoms with Gasteiger partial charge >= 0.3 is 0 Å². The summed E-state index contributed by atoms with van der Waals surface area (Å²) in [5, 5.41) is 7.83. The molecule has 3 aromatic rings.